The van der Waals surface area contributed by atoms with Crippen LogP contribution in [0.5, 0.6) is 0 Å². The summed E-state index contributed by atoms with van der Waals surface area (Å²) in [5.74, 6) is 1.33. The number of nitrogens with one attached hydrogen (secondary N) is 1. The van der Waals surface area contributed by atoms with Crippen molar-refractivity contribution in [2.45, 2.75) is 44.2 Å². The molecule has 5 rings (SSSR count). The topological polar surface area (TPSA) is 32.3 Å². The fourth-order valence-corrected chi connectivity index (χ4v) is 4.54. The predicted molar refractivity (Wildman–Crippen MR) is 75.3 cm³/mol. The largest absolute Gasteiger partial charge is 0.390 e. The molecule has 0 unspecified atom stereocenters. The van der Waals surface area contributed by atoms with Crippen molar-refractivity contribution in [1.82, 2.24) is 5.32 Å². The van der Waals surface area contributed by atoms with Gasteiger partial charge in [0.1, 0.15) is 0 Å². The first-order valence-corrected chi connectivity index (χ1v) is 7.44. The van der Waals surface area contributed by atoms with Gasteiger partial charge in [0.05, 0.1) is 5.60 Å². The summed E-state index contributed by atoms with van der Waals surface area (Å²) in [5.41, 5.74) is 3.95. The fourth-order valence-electron chi connectivity index (χ4n) is 4.54. The molecule has 0 amide bonds. The van der Waals surface area contributed by atoms with E-state index in [1.165, 1.54) is 29.7 Å². The molecule has 4 bridgehead atoms. The molecule has 0 radical (unpaired) electrons. The van der Waals surface area contributed by atoms with Gasteiger partial charge >= 0.3 is 0 Å². The lowest BCUT2D eigenvalue weighted by Gasteiger charge is -2.52. The van der Waals surface area contributed by atoms with Crippen molar-refractivity contribution >= 4 is 0 Å². The monoisotopic (exact) mass is 255 g/mol. The van der Waals surface area contributed by atoms with Gasteiger partial charge in [-0.1, -0.05) is 30.3 Å². The Bertz CT molecular complexity index is 521. The Morgan fingerprint density at radius 3 is 2.79 bits per heavy atom. The van der Waals surface area contributed by atoms with E-state index in [0.717, 1.165) is 31.7 Å². The molecule has 0 aliphatic heterocycles. The third-order valence-electron chi connectivity index (χ3n) is 5.11. The first kappa shape index (κ1) is 11.5. The Balaban J connectivity index is 1.54. The van der Waals surface area contributed by atoms with Crippen molar-refractivity contribution in [1.29, 1.82) is 0 Å². The van der Waals surface area contributed by atoms with Crippen LogP contribution in [0, 0.1) is 11.8 Å². The van der Waals surface area contributed by atoms with Crippen LogP contribution in [0.25, 0.3) is 0 Å². The molecule has 1 aromatic rings. The van der Waals surface area contributed by atoms with Gasteiger partial charge in [0.2, 0.25) is 0 Å². The van der Waals surface area contributed by atoms with Crippen molar-refractivity contribution in [3.8, 4) is 0 Å². The molecule has 4 aliphatic carbocycles. The second kappa shape index (κ2) is 4.11. The van der Waals surface area contributed by atoms with E-state index in [4.69, 9.17) is 0 Å². The highest BCUT2D eigenvalue weighted by Gasteiger charge is 2.49. The zero-order valence-electron chi connectivity index (χ0n) is 11.2. The van der Waals surface area contributed by atoms with Crippen LogP contribution in [-0.4, -0.2) is 10.7 Å². The zero-order chi connectivity index (χ0) is 12.9. The van der Waals surface area contributed by atoms with E-state index in [0.29, 0.717) is 5.92 Å². The Morgan fingerprint density at radius 2 is 2.05 bits per heavy atom. The molecule has 3 atom stereocenters. The average molecular weight is 255 g/mol. The summed E-state index contributed by atoms with van der Waals surface area (Å²) in [6.07, 6.45) is 5.43. The van der Waals surface area contributed by atoms with Gasteiger partial charge in [0, 0.05) is 18.2 Å². The first-order chi connectivity index (χ1) is 9.22. The summed E-state index contributed by atoms with van der Waals surface area (Å²) in [5, 5.41) is 14.2. The van der Waals surface area contributed by atoms with Crippen LogP contribution >= 0.6 is 0 Å². The second-order valence-corrected chi connectivity index (χ2v) is 6.67. The van der Waals surface area contributed by atoms with E-state index in [1.807, 2.05) is 0 Å². The molecule has 19 heavy (non-hydrogen) atoms. The molecule has 0 aromatic heterocycles. The van der Waals surface area contributed by atoms with Crippen LogP contribution in [-0.2, 0) is 6.54 Å². The lowest BCUT2D eigenvalue weighted by Crippen LogP contribution is -2.49. The summed E-state index contributed by atoms with van der Waals surface area (Å²) in [6.45, 7) is 0.916. The average Bonchev–Trinajstić information content (AvgIpc) is 2.37. The zero-order valence-corrected chi connectivity index (χ0v) is 11.2. The Morgan fingerprint density at radius 1 is 1.21 bits per heavy atom. The quantitative estimate of drug-likeness (QED) is 0.870. The molecule has 4 aliphatic rings. The maximum atomic E-state index is 10.5. The van der Waals surface area contributed by atoms with Crippen molar-refractivity contribution in [2.24, 2.45) is 11.8 Å². The summed E-state index contributed by atoms with van der Waals surface area (Å²) < 4.78 is 0. The second-order valence-electron chi connectivity index (χ2n) is 6.67. The van der Waals surface area contributed by atoms with Crippen LogP contribution in [0.1, 0.15) is 37.7 Å². The number of aliphatic hydroxyl groups is 1. The van der Waals surface area contributed by atoms with E-state index in [2.05, 4.69) is 35.6 Å². The normalized spacial score (nSPS) is 35.8. The standard InChI is InChI=1S/C17H21NO/c19-17-8-13-6-14(9-17)16(15(7-13)10-17)18-11-12-4-2-1-3-5-12/h1-5,13-14,18-19H,6-11H2/t13-,14-,17-/m0/s1. The van der Waals surface area contributed by atoms with E-state index >= 15 is 0 Å². The summed E-state index contributed by atoms with van der Waals surface area (Å²) >= 11 is 0. The molecule has 2 fully saturated rings. The van der Waals surface area contributed by atoms with Gasteiger partial charge in [0.25, 0.3) is 0 Å². The highest BCUT2D eigenvalue weighted by Crippen LogP contribution is 2.54. The van der Waals surface area contributed by atoms with E-state index in [1.54, 1.807) is 0 Å². The smallest absolute Gasteiger partial charge is 0.0694 e. The van der Waals surface area contributed by atoms with Crippen LogP contribution in [0.4, 0.5) is 0 Å². The lowest BCUT2D eigenvalue weighted by molar-refractivity contribution is -0.0584. The van der Waals surface area contributed by atoms with Crippen molar-refractivity contribution in [2.75, 3.05) is 0 Å². The first-order valence-electron chi connectivity index (χ1n) is 7.44. The predicted octanol–water partition coefficient (Wildman–Crippen LogP) is 2.99. The van der Waals surface area contributed by atoms with Gasteiger partial charge in [0.15, 0.2) is 0 Å². The van der Waals surface area contributed by atoms with Gasteiger partial charge in [-0.05, 0) is 49.2 Å². The number of hydrogen-bond donors (Lipinski definition) is 2. The van der Waals surface area contributed by atoms with Crippen LogP contribution in [0.3, 0.4) is 0 Å². The van der Waals surface area contributed by atoms with Crippen molar-refractivity contribution < 1.29 is 5.11 Å². The van der Waals surface area contributed by atoms with E-state index in [-0.39, 0.29) is 5.60 Å². The van der Waals surface area contributed by atoms with Gasteiger partial charge in [-0.2, -0.15) is 0 Å². The number of allylic oxidation sites excluding steroid dienone is 1. The summed E-state index contributed by atoms with van der Waals surface area (Å²) in [4.78, 5) is 0. The summed E-state index contributed by atoms with van der Waals surface area (Å²) in [6, 6.07) is 10.6. The molecule has 1 aromatic carbocycles. The molecule has 100 valence electrons. The molecule has 0 spiro atoms. The molecule has 2 N–H and O–H groups in total. The minimum absolute atomic E-state index is 0.362. The Labute approximate surface area is 114 Å². The highest BCUT2D eigenvalue weighted by atomic mass is 16.3. The minimum atomic E-state index is -0.362. The molecule has 0 heterocycles. The molecule has 2 heteroatoms. The van der Waals surface area contributed by atoms with E-state index in [9.17, 15) is 5.11 Å². The number of rotatable bonds is 3. The number of hydrogen-bond acceptors (Lipinski definition) is 2. The van der Waals surface area contributed by atoms with Gasteiger partial charge in [-0.15, -0.1) is 0 Å². The van der Waals surface area contributed by atoms with Gasteiger partial charge in [-0.3, -0.25) is 0 Å². The SMILES string of the molecule is O[C@@]12CC3=C(NCc4ccccc4)[C@@H](C[C@@H](C3)C1)C2. The molecular weight excluding hydrogens is 234 g/mol. The van der Waals surface area contributed by atoms with Gasteiger partial charge < -0.3 is 10.4 Å². The maximum absolute atomic E-state index is 10.5. The maximum Gasteiger partial charge on any atom is 0.0694 e. The molecule has 2 saturated carbocycles. The fraction of sp³-hybridized carbons (Fsp3) is 0.529. The minimum Gasteiger partial charge on any atom is -0.390 e. The molecule has 0 saturated heterocycles. The lowest BCUT2D eigenvalue weighted by atomic mass is 9.57. The van der Waals surface area contributed by atoms with Gasteiger partial charge in [-0.25, -0.2) is 0 Å². The third kappa shape index (κ3) is 1.99. The van der Waals surface area contributed by atoms with Crippen LogP contribution < -0.4 is 5.32 Å². The Hall–Kier alpha value is -1.28. The van der Waals surface area contributed by atoms with Crippen molar-refractivity contribution in [3.05, 3.63) is 47.2 Å². The van der Waals surface area contributed by atoms with E-state index < -0.39 is 0 Å². The van der Waals surface area contributed by atoms with Crippen LogP contribution in [0.15, 0.2) is 41.6 Å². The van der Waals surface area contributed by atoms with Crippen molar-refractivity contribution in [3.63, 3.8) is 0 Å². The Kier molecular flexibility index (Phi) is 2.49. The molecule has 2 nitrogen and oxygen atoms in total. The van der Waals surface area contributed by atoms with Crippen LogP contribution in [0.2, 0.25) is 0 Å². The summed E-state index contributed by atoms with van der Waals surface area (Å²) in [7, 11) is 0. The highest BCUT2D eigenvalue weighted by molar-refractivity contribution is 5.30. The third-order valence-corrected chi connectivity index (χ3v) is 5.11. The number of benzene rings is 1. The molecular formula is C17H21NO.